The normalized spacial score (nSPS) is 14.4. The summed E-state index contributed by atoms with van der Waals surface area (Å²) in [6.45, 7) is 0.323. The van der Waals surface area contributed by atoms with Gasteiger partial charge in [0.25, 0.3) is 0 Å². The van der Waals surface area contributed by atoms with Crippen molar-refractivity contribution in [3.8, 4) is 10.6 Å². The number of fused-ring (bicyclic) bond motifs is 1. The topological polar surface area (TPSA) is 80.9 Å². The summed E-state index contributed by atoms with van der Waals surface area (Å²) in [6, 6.07) is 19.5. The maximum absolute atomic E-state index is 15.0. The monoisotopic (exact) mass is 470 g/mol. The highest BCUT2D eigenvalue weighted by molar-refractivity contribution is 7.21. The molecule has 0 aliphatic heterocycles. The molecule has 2 aromatic carbocycles. The Labute approximate surface area is 198 Å². The van der Waals surface area contributed by atoms with Crippen molar-refractivity contribution in [1.82, 2.24) is 19.5 Å². The highest BCUT2D eigenvalue weighted by Gasteiger charge is 2.47. The molecule has 0 unspecified atom stereocenters. The number of carboxylic acid groups (broad SMARTS) is 1. The van der Waals surface area contributed by atoms with Gasteiger partial charge in [0.2, 0.25) is 0 Å². The number of imidazole rings is 1. The number of rotatable bonds is 6. The van der Waals surface area contributed by atoms with Crippen molar-refractivity contribution < 1.29 is 14.3 Å². The van der Waals surface area contributed by atoms with E-state index in [0.29, 0.717) is 22.7 Å². The molecule has 6 rings (SSSR count). The maximum Gasteiger partial charge on any atom is 0.356 e. The number of nitrogens with zero attached hydrogens (tertiary/aromatic N) is 4. The standard InChI is InChI=1S/C26H19FN4O2S/c27-19-12-16(13-31-14-21(25(32)33)28-15-31)6-7-18(19)23-29-20-8-9-22(30-24(20)34-23)26(10-11-26)17-4-2-1-3-5-17/h1-9,12,14-15H,10-11,13H2,(H,32,33). The summed E-state index contributed by atoms with van der Waals surface area (Å²) in [6.07, 6.45) is 4.99. The maximum atomic E-state index is 15.0. The molecule has 5 aromatic rings. The molecule has 1 N–H and O–H groups in total. The Kier molecular flexibility index (Phi) is 4.77. The van der Waals surface area contributed by atoms with Crippen molar-refractivity contribution in [3.63, 3.8) is 0 Å². The summed E-state index contributed by atoms with van der Waals surface area (Å²) in [5.41, 5.74) is 4.14. The fourth-order valence-corrected chi connectivity index (χ4v) is 5.34. The number of thiazole rings is 1. The number of halogens is 1. The van der Waals surface area contributed by atoms with Crippen LogP contribution in [0.3, 0.4) is 0 Å². The van der Waals surface area contributed by atoms with E-state index in [1.807, 2.05) is 24.3 Å². The van der Waals surface area contributed by atoms with E-state index in [9.17, 15) is 4.79 Å². The SMILES string of the molecule is O=C(O)c1cn(Cc2ccc(-c3nc4ccc(C5(c6ccccc6)CC5)nc4s3)c(F)c2)cn1. The molecule has 1 aliphatic rings. The zero-order valence-corrected chi connectivity index (χ0v) is 18.8. The molecule has 1 aliphatic carbocycles. The second-order valence-electron chi connectivity index (χ2n) is 8.54. The first-order chi connectivity index (χ1) is 16.5. The number of aromatic nitrogens is 4. The number of aromatic carboxylic acids is 1. The van der Waals surface area contributed by atoms with Crippen molar-refractivity contribution >= 4 is 27.7 Å². The number of pyridine rings is 1. The predicted molar refractivity (Wildman–Crippen MR) is 128 cm³/mol. The van der Waals surface area contributed by atoms with Gasteiger partial charge in [0.05, 0.1) is 12.0 Å². The molecule has 0 saturated heterocycles. The van der Waals surface area contributed by atoms with Crippen molar-refractivity contribution in [2.24, 2.45) is 0 Å². The molecule has 0 spiro atoms. The second-order valence-corrected chi connectivity index (χ2v) is 9.52. The fraction of sp³-hybridized carbons (Fsp3) is 0.154. The number of benzene rings is 2. The van der Waals surface area contributed by atoms with E-state index in [1.165, 1.54) is 35.5 Å². The molecule has 0 radical (unpaired) electrons. The summed E-state index contributed by atoms with van der Waals surface area (Å²) in [7, 11) is 0. The van der Waals surface area contributed by atoms with E-state index >= 15 is 4.39 Å². The summed E-state index contributed by atoms with van der Waals surface area (Å²) in [4.78, 5) is 25.2. The van der Waals surface area contributed by atoms with Gasteiger partial charge >= 0.3 is 5.97 Å². The van der Waals surface area contributed by atoms with Gasteiger partial charge < -0.3 is 9.67 Å². The average Bonchev–Trinajstić information content (AvgIpc) is 3.32. The van der Waals surface area contributed by atoms with Crippen molar-refractivity contribution in [2.45, 2.75) is 24.8 Å². The van der Waals surface area contributed by atoms with Crippen LogP contribution in [0.15, 0.2) is 73.2 Å². The van der Waals surface area contributed by atoms with Gasteiger partial charge in [-0.2, -0.15) is 0 Å². The van der Waals surface area contributed by atoms with Crippen LogP contribution in [0.5, 0.6) is 0 Å². The Morgan fingerprint density at radius 3 is 2.62 bits per heavy atom. The molecular formula is C26H19FN4O2S. The van der Waals surface area contributed by atoms with Gasteiger partial charge in [-0.15, -0.1) is 0 Å². The van der Waals surface area contributed by atoms with E-state index in [4.69, 9.17) is 10.1 Å². The van der Waals surface area contributed by atoms with Crippen LogP contribution in [0.4, 0.5) is 4.39 Å². The number of carbonyl (C=O) groups is 1. The van der Waals surface area contributed by atoms with Crippen LogP contribution in [0, 0.1) is 5.82 Å². The van der Waals surface area contributed by atoms with Crippen LogP contribution in [-0.2, 0) is 12.0 Å². The van der Waals surface area contributed by atoms with Crippen molar-refractivity contribution in [2.75, 3.05) is 0 Å². The largest absolute Gasteiger partial charge is 0.476 e. The second kappa shape index (κ2) is 7.85. The van der Waals surface area contributed by atoms with Crippen LogP contribution in [0.1, 0.15) is 40.2 Å². The summed E-state index contributed by atoms with van der Waals surface area (Å²) < 4.78 is 16.6. The summed E-state index contributed by atoms with van der Waals surface area (Å²) in [5.74, 6) is -1.47. The molecular weight excluding hydrogens is 451 g/mol. The molecule has 0 atom stereocenters. The number of hydrogen-bond acceptors (Lipinski definition) is 5. The first kappa shape index (κ1) is 20.7. The third-order valence-electron chi connectivity index (χ3n) is 6.30. The van der Waals surface area contributed by atoms with E-state index < -0.39 is 5.97 Å². The first-order valence-electron chi connectivity index (χ1n) is 10.9. The molecule has 0 amide bonds. The lowest BCUT2D eigenvalue weighted by Gasteiger charge is -2.14. The quantitative estimate of drug-likeness (QED) is 0.353. The lowest BCUT2D eigenvalue weighted by atomic mass is 9.92. The molecule has 1 saturated carbocycles. The Bertz CT molecular complexity index is 1540. The smallest absolute Gasteiger partial charge is 0.356 e. The molecule has 0 bridgehead atoms. The lowest BCUT2D eigenvalue weighted by Crippen LogP contribution is -2.10. The summed E-state index contributed by atoms with van der Waals surface area (Å²) >= 11 is 1.39. The highest BCUT2D eigenvalue weighted by Crippen LogP contribution is 2.53. The summed E-state index contributed by atoms with van der Waals surface area (Å²) in [5, 5.41) is 9.59. The van der Waals surface area contributed by atoms with Crippen molar-refractivity contribution in [1.29, 1.82) is 0 Å². The van der Waals surface area contributed by atoms with E-state index in [2.05, 4.69) is 34.2 Å². The van der Waals surface area contributed by atoms with Gasteiger partial charge in [-0.25, -0.2) is 24.1 Å². The van der Waals surface area contributed by atoms with Gasteiger partial charge in [-0.05, 0) is 48.2 Å². The van der Waals surface area contributed by atoms with E-state index in [-0.39, 0.29) is 16.9 Å². The Balaban J connectivity index is 1.29. The first-order valence-corrected chi connectivity index (χ1v) is 11.7. The Hall–Kier alpha value is -3.91. The van der Waals surface area contributed by atoms with Gasteiger partial charge in [0.15, 0.2) is 5.69 Å². The fourth-order valence-electron chi connectivity index (χ4n) is 4.37. The molecule has 34 heavy (non-hydrogen) atoms. The number of hydrogen-bond donors (Lipinski definition) is 1. The minimum Gasteiger partial charge on any atom is -0.476 e. The molecule has 6 nitrogen and oxygen atoms in total. The number of carboxylic acids is 1. The van der Waals surface area contributed by atoms with Crippen LogP contribution >= 0.6 is 11.3 Å². The Morgan fingerprint density at radius 1 is 1.09 bits per heavy atom. The van der Waals surface area contributed by atoms with E-state index in [1.54, 1.807) is 10.6 Å². The lowest BCUT2D eigenvalue weighted by molar-refractivity contribution is 0.0691. The van der Waals surface area contributed by atoms with Crippen LogP contribution in [0.2, 0.25) is 0 Å². The molecule has 3 heterocycles. The van der Waals surface area contributed by atoms with Crippen LogP contribution in [0.25, 0.3) is 20.9 Å². The van der Waals surface area contributed by atoms with Gasteiger partial charge in [-0.1, -0.05) is 47.7 Å². The Morgan fingerprint density at radius 2 is 1.91 bits per heavy atom. The molecule has 168 valence electrons. The van der Waals surface area contributed by atoms with Gasteiger partial charge in [0, 0.05) is 23.7 Å². The molecule has 3 aromatic heterocycles. The molecule has 8 heteroatoms. The predicted octanol–water partition coefficient (Wildman–Crippen LogP) is 5.52. The van der Waals surface area contributed by atoms with Gasteiger partial charge in [-0.3, -0.25) is 0 Å². The van der Waals surface area contributed by atoms with Crippen molar-refractivity contribution in [3.05, 3.63) is 102 Å². The zero-order chi connectivity index (χ0) is 23.3. The highest BCUT2D eigenvalue weighted by atomic mass is 32.1. The van der Waals surface area contributed by atoms with Crippen LogP contribution < -0.4 is 0 Å². The average molecular weight is 471 g/mol. The minimum absolute atomic E-state index is 0.0275. The third kappa shape index (κ3) is 3.56. The zero-order valence-electron chi connectivity index (χ0n) is 18.0. The third-order valence-corrected chi connectivity index (χ3v) is 7.30. The van der Waals surface area contributed by atoms with E-state index in [0.717, 1.165) is 28.9 Å². The van der Waals surface area contributed by atoms with Gasteiger partial charge in [0.1, 0.15) is 21.2 Å². The minimum atomic E-state index is -1.09. The van der Waals surface area contributed by atoms with Crippen LogP contribution in [-0.4, -0.2) is 30.6 Å². The molecule has 1 fully saturated rings.